The lowest BCUT2D eigenvalue weighted by molar-refractivity contribution is 0.226. The molecule has 0 radical (unpaired) electrons. The maximum absolute atomic E-state index is 9.49. The lowest BCUT2D eigenvalue weighted by Crippen LogP contribution is -2.25. The van der Waals surface area contributed by atoms with Crippen LogP contribution >= 0.6 is 15.9 Å². The van der Waals surface area contributed by atoms with Crippen LogP contribution in [0.1, 0.15) is 32.8 Å². The molecule has 100 valence electrons. The van der Waals surface area contributed by atoms with Crippen molar-refractivity contribution in [1.82, 2.24) is 4.90 Å². The van der Waals surface area contributed by atoms with Crippen LogP contribution in [-0.4, -0.2) is 23.1 Å². The zero-order chi connectivity index (χ0) is 13.3. The number of hydrogen-bond donors (Lipinski definition) is 1. The number of phenolic OH excluding ortho intramolecular Hbond substituents is 1. The predicted molar refractivity (Wildman–Crippen MR) is 78.6 cm³/mol. The molecule has 0 bridgehead atoms. The summed E-state index contributed by atoms with van der Waals surface area (Å²) in [5.41, 5.74) is 1.67. The normalized spacial score (nSPS) is 21.4. The first-order valence-corrected chi connectivity index (χ1v) is 7.35. The first kappa shape index (κ1) is 13.9. The van der Waals surface area contributed by atoms with Gasteiger partial charge in [-0.05, 0) is 57.9 Å². The lowest BCUT2D eigenvalue weighted by Gasteiger charge is -2.27. The molecule has 2 rings (SSSR count). The van der Waals surface area contributed by atoms with E-state index in [1.807, 2.05) is 12.1 Å². The van der Waals surface area contributed by atoms with Gasteiger partial charge >= 0.3 is 0 Å². The van der Waals surface area contributed by atoms with Crippen molar-refractivity contribution in [2.45, 2.75) is 33.7 Å². The van der Waals surface area contributed by atoms with E-state index >= 15 is 0 Å². The molecule has 1 aliphatic rings. The zero-order valence-electron chi connectivity index (χ0n) is 11.4. The van der Waals surface area contributed by atoms with Crippen molar-refractivity contribution in [2.75, 3.05) is 13.1 Å². The average molecular weight is 312 g/mol. The summed E-state index contributed by atoms with van der Waals surface area (Å²) in [5, 5.41) is 9.49. The molecule has 1 aromatic carbocycles. The Labute approximate surface area is 118 Å². The number of aromatic hydroxyl groups is 1. The van der Waals surface area contributed by atoms with E-state index in [1.165, 1.54) is 25.1 Å². The van der Waals surface area contributed by atoms with Gasteiger partial charge in [-0.1, -0.05) is 26.8 Å². The average Bonchev–Trinajstić information content (AvgIpc) is 2.72. The Morgan fingerprint density at radius 2 is 2.11 bits per heavy atom. The van der Waals surface area contributed by atoms with Crippen molar-refractivity contribution >= 4 is 15.9 Å². The van der Waals surface area contributed by atoms with Crippen molar-refractivity contribution in [1.29, 1.82) is 0 Å². The Morgan fingerprint density at radius 1 is 1.39 bits per heavy atom. The molecule has 18 heavy (non-hydrogen) atoms. The van der Waals surface area contributed by atoms with Crippen LogP contribution in [0.2, 0.25) is 0 Å². The smallest absolute Gasteiger partial charge is 0.129 e. The van der Waals surface area contributed by atoms with Gasteiger partial charge in [0, 0.05) is 13.1 Å². The molecule has 0 saturated carbocycles. The first-order valence-electron chi connectivity index (χ1n) is 6.56. The Morgan fingerprint density at radius 3 is 2.67 bits per heavy atom. The number of benzene rings is 1. The highest BCUT2D eigenvalue weighted by Crippen LogP contribution is 2.34. The standard InChI is InChI=1S/C15H22BrNO/c1-15(2,3)12-6-7-17(10-12)9-11-4-5-14(18)13(16)8-11/h4-5,8,12,18H,6-7,9-10H2,1-3H3. The number of halogens is 1. The molecule has 1 aliphatic heterocycles. The number of hydrogen-bond acceptors (Lipinski definition) is 2. The van der Waals surface area contributed by atoms with Gasteiger partial charge in [0.05, 0.1) is 4.47 Å². The summed E-state index contributed by atoms with van der Waals surface area (Å²) in [6, 6.07) is 5.78. The second-order valence-electron chi connectivity index (χ2n) is 6.37. The molecule has 2 nitrogen and oxygen atoms in total. The van der Waals surface area contributed by atoms with Crippen LogP contribution < -0.4 is 0 Å². The molecular weight excluding hydrogens is 290 g/mol. The topological polar surface area (TPSA) is 23.5 Å². The van der Waals surface area contributed by atoms with Crippen molar-refractivity contribution < 1.29 is 5.11 Å². The maximum atomic E-state index is 9.49. The molecule has 0 aromatic heterocycles. The fourth-order valence-corrected chi connectivity index (χ4v) is 3.02. The lowest BCUT2D eigenvalue weighted by atomic mass is 9.80. The molecule has 1 saturated heterocycles. The Balaban J connectivity index is 1.97. The van der Waals surface area contributed by atoms with E-state index in [-0.39, 0.29) is 0 Å². The summed E-state index contributed by atoms with van der Waals surface area (Å²) in [7, 11) is 0. The van der Waals surface area contributed by atoms with Crippen molar-refractivity contribution in [3.63, 3.8) is 0 Å². The summed E-state index contributed by atoms with van der Waals surface area (Å²) < 4.78 is 0.784. The third-order valence-electron chi connectivity index (χ3n) is 3.92. The molecular formula is C15H22BrNO. The van der Waals surface area contributed by atoms with Crippen LogP contribution in [0.5, 0.6) is 5.75 Å². The molecule has 1 N–H and O–H groups in total. The van der Waals surface area contributed by atoms with Crippen LogP contribution in [-0.2, 0) is 6.54 Å². The fraction of sp³-hybridized carbons (Fsp3) is 0.600. The molecule has 1 fully saturated rings. The molecule has 0 spiro atoms. The van der Waals surface area contributed by atoms with E-state index in [2.05, 4.69) is 41.6 Å². The van der Waals surface area contributed by atoms with Crippen LogP contribution in [0.15, 0.2) is 22.7 Å². The van der Waals surface area contributed by atoms with Crippen LogP contribution in [0.25, 0.3) is 0 Å². The summed E-state index contributed by atoms with van der Waals surface area (Å²) in [6.07, 6.45) is 1.29. The summed E-state index contributed by atoms with van der Waals surface area (Å²) in [6.45, 7) is 10.3. The quantitative estimate of drug-likeness (QED) is 0.891. The van der Waals surface area contributed by atoms with E-state index in [1.54, 1.807) is 6.07 Å². The Hall–Kier alpha value is -0.540. The second kappa shape index (κ2) is 5.22. The van der Waals surface area contributed by atoms with E-state index in [0.717, 1.165) is 16.9 Å². The summed E-state index contributed by atoms with van der Waals surface area (Å²) in [4.78, 5) is 2.51. The zero-order valence-corrected chi connectivity index (χ0v) is 13.0. The first-order chi connectivity index (χ1) is 8.36. The number of rotatable bonds is 2. The Bertz CT molecular complexity index is 425. The highest BCUT2D eigenvalue weighted by molar-refractivity contribution is 9.10. The van der Waals surface area contributed by atoms with Crippen molar-refractivity contribution in [2.24, 2.45) is 11.3 Å². The monoisotopic (exact) mass is 311 g/mol. The van der Waals surface area contributed by atoms with Gasteiger partial charge in [-0.3, -0.25) is 4.90 Å². The van der Waals surface area contributed by atoms with E-state index < -0.39 is 0 Å². The summed E-state index contributed by atoms with van der Waals surface area (Å²) >= 11 is 3.37. The van der Waals surface area contributed by atoms with Crippen molar-refractivity contribution in [3.05, 3.63) is 28.2 Å². The summed E-state index contributed by atoms with van der Waals surface area (Å²) in [5.74, 6) is 1.10. The van der Waals surface area contributed by atoms with Gasteiger partial charge in [0.1, 0.15) is 5.75 Å². The largest absolute Gasteiger partial charge is 0.507 e. The van der Waals surface area contributed by atoms with Gasteiger partial charge in [-0.2, -0.15) is 0 Å². The van der Waals surface area contributed by atoms with Gasteiger partial charge < -0.3 is 5.11 Å². The predicted octanol–water partition coefficient (Wildman–Crippen LogP) is 4.02. The van der Waals surface area contributed by atoms with E-state index in [4.69, 9.17) is 0 Å². The third-order valence-corrected chi connectivity index (χ3v) is 4.55. The van der Waals surface area contributed by atoms with Gasteiger partial charge in [-0.15, -0.1) is 0 Å². The number of phenols is 1. The van der Waals surface area contributed by atoms with Crippen LogP contribution in [0, 0.1) is 11.3 Å². The molecule has 1 aromatic rings. The molecule has 0 amide bonds. The van der Waals surface area contributed by atoms with Crippen LogP contribution in [0.3, 0.4) is 0 Å². The maximum Gasteiger partial charge on any atom is 0.129 e. The second-order valence-corrected chi connectivity index (χ2v) is 7.23. The van der Waals surface area contributed by atoms with Gasteiger partial charge in [0.2, 0.25) is 0 Å². The highest BCUT2D eigenvalue weighted by atomic mass is 79.9. The minimum Gasteiger partial charge on any atom is -0.507 e. The molecule has 1 heterocycles. The number of nitrogens with zero attached hydrogens (tertiary/aromatic N) is 1. The number of likely N-dealkylation sites (tertiary alicyclic amines) is 1. The van der Waals surface area contributed by atoms with Crippen LogP contribution in [0.4, 0.5) is 0 Å². The fourth-order valence-electron chi connectivity index (χ4n) is 2.59. The molecule has 0 aliphatic carbocycles. The highest BCUT2D eigenvalue weighted by Gasteiger charge is 2.31. The SMILES string of the molecule is CC(C)(C)C1CCN(Cc2ccc(O)c(Br)c2)C1. The van der Waals surface area contributed by atoms with Gasteiger partial charge in [0.15, 0.2) is 0 Å². The minimum absolute atomic E-state index is 0.313. The Kier molecular flexibility index (Phi) is 4.02. The van der Waals surface area contributed by atoms with Gasteiger partial charge in [0.25, 0.3) is 0 Å². The molecule has 3 heteroatoms. The van der Waals surface area contributed by atoms with E-state index in [9.17, 15) is 5.11 Å². The minimum atomic E-state index is 0.313. The van der Waals surface area contributed by atoms with Crippen molar-refractivity contribution in [3.8, 4) is 5.75 Å². The van der Waals surface area contributed by atoms with Gasteiger partial charge in [-0.25, -0.2) is 0 Å². The third kappa shape index (κ3) is 3.27. The molecule has 1 unspecified atom stereocenters. The van der Waals surface area contributed by atoms with E-state index in [0.29, 0.717) is 11.2 Å². The molecule has 1 atom stereocenters.